The molecule has 1 unspecified atom stereocenters. The van der Waals surface area contributed by atoms with Crippen molar-refractivity contribution in [2.45, 2.75) is 6.42 Å². The molecule has 0 saturated carbocycles. The van der Waals surface area contributed by atoms with Crippen LogP contribution < -0.4 is 9.47 Å². The second-order valence-electron chi connectivity index (χ2n) is 6.11. The molecule has 4 heteroatoms. The summed E-state index contributed by atoms with van der Waals surface area (Å²) in [5.74, 6) is 1.55. The van der Waals surface area contributed by atoms with Crippen molar-refractivity contribution in [2.75, 3.05) is 34.9 Å². The normalized spacial score (nSPS) is 12.0. The Morgan fingerprint density at radius 1 is 1.00 bits per heavy atom. The van der Waals surface area contributed by atoms with Crippen LogP contribution in [0.3, 0.4) is 0 Å². The third kappa shape index (κ3) is 4.83. The molecule has 24 heavy (non-hydrogen) atoms. The van der Waals surface area contributed by atoms with Crippen molar-refractivity contribution in [2.24, 2.45) is 5.92 Å². The maximum absolute atomic E-state index is 13.0. The number of benzene rings is 2. The average Bonchev–Trinajstić information content (AvgIpc) is 2.60. The van der Waals surface area contributed by atoms with Crippen molar-refractivity contribution in [3.8, 4) is 11.5 Å². The Labute approximate surface area is 144 Å². The van der Waals surface area contributed by atoms with E-state index >= 15 is 0 Å². The van der Waals surface area contributed by atoms with Gasteiger partial charge in [0.15, 0.2) is 5.78 Å². The molecule has 0 amide bonds. The first-order valence-corrected chi connectivity index (χ1v) is 7.99. The number of ether oxygens (including phenoxy) is 2. The summed E-state index contributed by atoms with van der Waals surface area (Å²) in [5.41, 5.74) is 1.81. The molecule has 0 N–H and O–H groups in total. The summed E-state index contributed by atoms with van der Waals surface area (Å²) in [7, 11) is 7.23. The van der Waals surface area contributed by atoms with Crippen molar-refractivity contribution in [1.82, 2.24) is 4.90 Å². The summed E-state index contributed by atoms with van der Waals surface area (Å²) in [4.78, 5) is 15.0. The minimum absolute atomic E-state index is 0.111. The zero-order valence-electron chi connectivity index (χ0n) is 14.8. The van der Waals surface area contributed by atoms with E-state index in [9.17, 15) is 4.79 Å². The van der Waals surface area contributed by atoms with Crippen molar-refractivity contribution in [1.29, 1.82) is 0 Å². The van der Waals surface area contributed by atoms with Gasteiger partial charge in [-0.15, -0.1) is 0 Å². The number of ketones is 1. The predicted molar refractivity (Wildman–Crippen MR) is 96.1 cm³/mol. The molecule has 2 rings (SSSR count). The molecule has 0 aliphatic carbocycles. The van der Waals surface area contributed by atoms with E-state index in [-0.39, 0.29) is 11.7 Å². The van der Waals surface area contributed by atoms with Gasteiger partial charge < -0.3 is 14.4 Å². The van der Waals surface area contributed by atoms with Gasteiger partial charge in [0.05, 0.1) is 14.2 Å². The number of nitrogens with zero attached hydrogens (tertiary/aromatic N) is 1. The molecule has 0 bridgehead atoms. The quantitative estimate of drug-likeness (QED) is 0.697. The Kier molecular flexibility index (Phi) is 6.38. The lowest BCUT2D eigenvalue weighted by atomic mass is 9.90. The molecule has 0 saturated heterocycles. The van der Waals surface area contributed by atoms with Crippen LogP contribution in [-0.4, -0.2) is 45.5 Å². The van der Waals surface area contributed by atoms with Crippen LogP contribution in [0.15, 0.2) is 48.5 Å². The van der Waals surface area contributed by atoms with Gasteiger partial charge in [-0.25, -0.2) is 0 Å². The molecule has 4 nitrogen and oxygen atoms in total. The number of rotatable bonds is 8. The van der Waals surface area contributed by atoms with E-state index in [4.69, 9.17) is 9.47 Å². The summed E-state index contributed by atoms with van der Waals surface area (Å²) in [6, 6.07) is 15.2. The average molecular weight is 327 g/mol. The topological polar surface area (TPSA) is 38.8 Å². The molecule has 0 spiro atoms. The van der Waals surface area contributed by atoms with Crippen LogP contribution in [0, 0.1) is 5.92 Å². The molecule has 2 aromatic rings. The van der Waals surface area contributed by atoms with Gasteiger partial charge in [-0.3, -0.25) is 4.79 Å². The first-order valence-electron chi connectivity index (χ1n) is 7.99. The van der Waals surface area contributed by atoms with E-state index in [1.807, 2.05) is 61.5 Å². The molecule has 1 atom stereocenters. The smallest absolute Gasteiger partial charge is 0.167 e. The molecule has 0 aliphatic rings. The van der Waals surface area contributed by atoms with Crippen LogP contribution in [0.1, 0.15) is 15.9 Å². The largest absolute Gasteiger partial charge is 0.497 e. The summed E-state index contributed by atoms with van der Waals surface area (Å²) >= 11 is 0. The molecule has 128 valence electrons. The molecule has 0 aliphatic heterocycles. The molecular weight excluding hydrogens is 302 g/mol. The van der Waals surface area contributed by atoms with Gasteiger partial charge in [0.25, 0.3) is 0 Å². The van der Waals surface area contributed by atoms with Gasteiger partial charge in [-0.2, -0.15) is 0 Å². The number of carbonyl (C=O) groups is 1. The maximum Gasteiger partial charge on any atom is 0.167 e. The van der Waals surface area contributed by atoms with Gasteiger partial charge in [0.2, 0.25) is 0 Å². The highest BCUT2D eigenvalue weighted by atomic mass is 16.5. The Balaban J connectivity index is 2.21. The fraction of sp³-hybridized carbons (Fsp3) is 0.350. The Morgan fingerprint density at radius 2 is 1.67 bits per heavy atom. The van der Waals surface area contributed by atoms with Crippen LogP contribution in [0.4, 0.5) is 0 Å². The molecule has 0 fully saturated rings. The standard InChI is InChI=1S/C20H25NO3/c1-21(2)14-17(12-15-8-10-18(23-3)11-9-15)20(22)16-6-5-7-19(13-16)24-4/h5-11,13,17H,12,14H2,1-4H3. The third-order valence-electron chi connectivity index (χ3n) is 3.95. The van der Waals surface area contributed by atoms with Crippen molar-refractivity contribution in [3.05, 3.63) is 59.7 Å². The van der Waals surface area contributed by atoms with E-state index in [1.54, 1.807) is 20.3 Å². The second kappa shape index (κ2) is 8.50. The number of methoxy groups -OCH3 is 2. The van der Waals surface area contributed by atoms with E-state index in [0.717, 1.165) is 11.3 Å². The summed E-state index contributed by atoms with van der Waals surface area (Å²) in [6.07, 6.45) is 0.693. The third-order valence-corrected chi connectivity index (χ3v) is 3.95. The number of hydrogen-bond acceptors (Lipinski definition) is 4. The van der Waals surface area contributed by atoms with Gasteiger partial charge in [0.1, 0.15) is 11.5 Å². The number of Topliss-reactive ketones (excluding diaryl/α,β-unsaturated/α-hetero) is 1. The first-order chi connectivity index (χ1) is 11.5. The highest BCUT2D eigenvalue weighted by molar-refractivity contribution is 5.98. The zero-order chi connectivity index (χ0) is 17.5. The number of carbonyl (C=O) groups excluding carboxylic acids is 1. The van der Waals surface area contributed by atoms with Gasteiger partial charge in [-0.1, -0.05) is 24.3 Å². The van der Waals surface area contributed by atoms with Crippen molar-refractivity contribution in [3.63, 3.8) is 0 Å². The van der Waals surface area contributed by atoms with E-state index < -0.39 is 0 Å². The molecule has 0 aromatic heterocycles. The minimum atomic E-state index is -0.111. The highest BCUT2D eigenvalue weighted by Crippen LogP contribution is 2.21. The Bertz CT molecular complexity index is 665. The summed E-state index contributed by atoms with van der Waals surface area (Å²) < 4.78 is 10.4. The van der Waals surface area contributed by atoms with Crippen molar-refractivity contribution >= 4 is 5.78 Å². The van der Waals surface area contributed by atoms with Crippen LogP contribution in [0.5, 0.6) is 11.5 Å². The maximum atomic E-state index is 13.0. The summed E-state index contributed by atoms with van der Waals surface area (Å²) in [6.45, 7) is 0.697. The van der Waals surface area contributed by atoms with Crippen LogP contribution in [0.25, 0.3) is 0 Å². The van der Waals surface area contributed by atoms with E-state index in [2.05, 4.69) is 0 Å². The van der Waals surface area contributed by atoms with E-state index in [1.165, 1.54) is 0 Å². The van der Waals surface area contributed by atoms with E-state index in [0.29, 0.717) is 24.3 Å². The molecule has 2 aromatic carbocycles. The lowest BCUT2D eigenvalue weighted by Gasteiger charge is -2.20. The van der Waals surface area contributed by atoms with Gasteiger partial charge in [0, 0.05) is 18.0 Å². The molecule has 0 heterocycles. The summed E-state index contributed by atoms with van der Waals surface area (Å²) in [5, 5.41) is 0. The van der Waals surface area contributed by atoms with Gasteiger partial charge >= 0.3 is 0 Å². The lowest BCUT2D eigenvalue weighted by molar-refractivity contribution is 0.0896. The Hall–Kier alpha value is -2.33. The molecular formula is C20H25NO3. The fourth-order valence-corrected chi connectivity index (χ4v) is 2.74. The second-order valence-corrected chi connectivity index (χ2v) is 6.11. The highest BCUT2D eigenvalue weighted by Gasteiger charge is 2.22. The van der Waals surface area contributed by atoms with Gasteiger partial charge in [-0.05, 0) is 50.3 Å². The molecule has 0 radical (unpaired) electrons. The predicted octanol–water partition coefficient (Wildman–Crippen LogP) is 3.31. The fourth-order valence-electron chi connectivity index (χ4n) is 2.74. The first kappa shape index (κ1) is 18.0. The monoisotopic (exact) mass is 327 g/mol. The van der Waals surface area contributed by atoms with Crippen molar-refractivity contribution < 1.29 is 14.3 Å². The van der Waals surface area contributed by atoms with Crippen LogP contribution >= 0.6 is 0 Å². The lowest BCUT2D eigenvalue weighted by Crippen LogP contribution is -2.29. The van der Waals surface area contributed by atoms with Crippen LogP contribution in [0.2, 0.25) is 0 Å². The Morgan fingerprint density at radius 3 is 2.25 bits per heavy atom. The minimum Gasteiger partial charge on any atom is -0.497 e. The zero-order valence-corrected chi connectivity index (χ0v) is 14.8. The van der Waals surface area contributed by atoms with Crippen LogP contribution in [-0.2, 0) is 6.42 Å². The SMILES string of the molecule is COc1ccc(CC(CN(C)C)C(=O)c2cccc(OC)c2)cc1. The number of hydrogen-bond donors (Lipinski definition) is 0.